The Balaban J connectivity index is 1.57. The zero-order valence-corrected chi connectivity index (χ0v) is 20.9. The van der Waals surface area contributed by atoms with Gasteiger partial charge in [-0.15, -0.1) is 0 Å². The summed E-state index contributed by atoms with van der Waals surface area (Å²) < 4.78 is 70.9. The molecule has 1 aromatic heterocycles. The van der Waals surface area contributed by atoms with Crippen LogP contribution in [-0.2, 0) is 16.2 Å². The van der Waals surface area contributed by atoms with Crippen molar-refractivity contribution in [2.45, 2.75) is 49.2 Å². The first-order valence-corrected chi connectivity index (χ1v) is 13.6. The molecule has 38 heavy (non-hydrogen) atoms. The first-order valence-electron chi connectivity index (χ1n) is 12.1. The zero-order chi connectivity index (χ0) is 27.1. The normalized spacial score (nSPS) is 15.0. The van der Waals surface area contributed by atoms with E-state index in [0.29, 0.717) is 17.3 Å². The van der Waals surface area contributed by atoms with Gasteiger partial charge in [-0.25, -0.2) is 17.8 Å². The first kappa shape index (κ1) is 25.8. The van der Waals surface area contributed by atoms with Crippen LogP contribution in [0.3, 0.4) is 0 Å². The molecule has 1 heterocycles. The third-order valence-electron chi connectivity index (χ3n) is 6.77. The van der Waals surface area contributed by atoms with Gasteiger partial charge in [-0.1, -0.05) is 49.6 Å². The maximum Gasteiger partial charge on any atom is 0.417 e. The van der Waals surface area contributed by atoms with Crippen LogP contribution in [0.1, 0.15) is 54.1 Å². The molecule has 7 nitrogen and oxygen atoms in total. The van der Waals surface area contributed by atoms with Crippen molar-refractivity contribution < 1.29 is 26.4 Å². The number of benzene rings is 3. The molecule has 0 radical (unpaired) electrons. The number of halogens is 3. The van der Waals surface area contributed by atoms with Gasteiger partial charge in [0.05, 0.1) is 33.1 Å². The van der Waals surface area contributed by atoms with Crippen LogP contribution in [0.25, 0.3) is 16.6 Å². The summed E-state index contributed by atoms with van der Waals surface area (Å²) in [4.78, 5) is 25.5. The summed E-state index contributed by atoms with van der Waals surface area (Å²) in [5.41, 5.74) is -0.685. The number of hydrogen-bond donors (Lipinski definition) is 1. The Morgan fingerprint density at radius 2 is 1.55 bits per heavy atom. The number of nitrogens with zero attached hydrogens (tertiary/aromatic N) is 2. The molecule has 0 unspecified atom stereocenters. The van der Waals surface area contributed by atoms with Crippen LogP contribution >= 0.6 is 0 Å². The van der Waals surface area contributed by atoms with E-state index in [1.807, 2.05) is 22.9 Å². The quantitative estimate of drug-likeness (QED) is 0.363. The second-order valence-electron chi connectivity index (χ2n) is 9.25. The second-order valence-corrected chi connectivity index (χ2v) is 10.9. The summed E-state index contributed by atoms with van der Waals surface area (Å²) in [6, 6.07) is 17.0. The fourth-order valence-corrected chi connectivity index (χ4v) is 6.24. The van der Waals surface area contributed by atoms with Crippen LogP contribution in [0.15, 0.2) is 82.5 Å². The average Bonchev–Trinajstić information content (AvgIpc) is 3.20. The molecular weight excluding hydrogens is 519 g/mol. The van der Waals surface area contributed by atoms with Crippen molar-refractivity contribution in [3.05, 3.63) is 94.3 Å². The minimum atomic E-state index is -4.93. The van der Waals surface area contributed by atoms with Crippen molar-refractivity contribution >= 4 is 26.8 Å². The van der Waals surface area contributed by atoms with E-state index in [9.17, 15) is 31.2 Å². The van der Waals surface area contributed by atoms with Gasteiger partial charge in [0.25, 0.3) is 21.5 Å². The molecule has 3 aromatic carbocycles. The smallest absolute Gasteiger partial charge is 0.274 e. The molecule has 0 spiro atoms. The van der Waals surface area contributed by atoms with Crippen molar-refractivity contribution in [2.75, 3.05) is 0 Å². The molecule has 1 fully saturated rings. The van der Waals surface area contributed by atoms with Crippen LogP contribution in [0.2, 0.25) is 0 Å². The molecule has 0 saturated heterocycles. The van der Waals surface area contributed by atoms with E-state index in [1.54, 1.807) is 27.6 Å². The van der Waals surface area contributed by atoms with Gasteiger partial charge in [0.2, 0.25) is 0 Å². The van der Waals surface area contributed by atoms with Crippen LogP contribution < -0.4 is 10.3 Å². The van der Waals surface area contributed by atoms with Crippen molar-refractivity contribution in [3.63, 3.8) is 0 Å². The van der Waals surface area contributed by atoms with Gasteiger partial charge < -0.3 is 0 Å². The number of nitrogens with one attached hydrogen (secondary N) is 1. The third kappa shape index (κ3) is 4.73. The van der Waals surface area contributed by atoms with E-state index in [1.165, 1.54) is 12.1 Å². The molecule has 198 valence electrons. The monoisotopic (exact) mass is 543 g/mol. The summed E-state index contributed by atoms with van der Waals surface area (Å²) in [5, 5.41) is 0.208. The van der Waals surface area contributed by atoms with E-state index in [4.69, 9.17) is 0 Å². The molecule has 1 saturated carbocycles. The molecule has 5 rings (SSSR count). The molecule has 0 atom stereocenters. The highest BCUT2D eigenvalue weighted by Crippen LogP contribution is 2.34. The van der Waals surface area contributed by atoms with Crippen LogP contribution in [0.4, 0.5) is 13.2 Å². The lowest BCUT2D eigenvalue weighted by atomic mass is 9.95. The van der Waals surface area contributed by atoms with E-state index in [0.717, 1.165) is 50.3 Å². The van der Waals surface area contributed by atoms with E-state index in [2.05, 4.69) is 0 Å². The summed E-state index contributed by atoms with van der Waals surface area (Å²) >= 11 is 0. The van der Waals surface area contributed by atoms with Gasteiger partial charge in [-0.2, -0.15) is 13.2 Å². The number of aromatic nitrogens is 2. The maximum absolute atomic E-state index is 13.6. The van der Waals surface area contributed by atoms with Crippen LogP contribution in [0, 0.1) is 0 Å². The van der Waals surface area contributed by atoms with E-state index < -0.39 is 32.6 Å². The number of carbonyl (C=O) groups is 1. The molecule has 1 N–H and O–H groups in total. The second kappa shape index (κ2) is 9.79. The number of para-hydroxylation sites is 1. The number of carbonyl (C=O) groups excluding carboxylic acids is 1. The molecule has 1 aliphatic rings. The highest BCUT2D eigenvalue weighted by molar-refractivity contribution is 7.90. The van der Waals surface area contributed by atoms with Crippen molar-refractivity contribution in [1.82, 2.24) is 14.1 Å². The topological polar surface area (TPSA) is 90.2 Å². The largest absolute Gasteiger partial charge is 0.417 e. The number of hydrogen-bond acceptors (Lipinski definition) is 4. The summed E-state index contributed by atoms with van der Waals surface area (Å²) in [5.74, 6) is -1.14. The van der Waals surface area contributed by atoms with Gasteiger partial charge in [0.15, 0.2) is 0 Å². The fraction of sp³-hybridized carbons (Fsp3) is 0.259. The van der Waals surface area contributed by atoms with Gasteiger partial charge in [0, 0.05) is 5.56 Å². The predicted molar refractivity (Wildman–Crippen MR) is 136 cm³/mol. The molecule has 1 aliphatic carbocycles. The zero-order valence-electron chi connectivity index (χ0n) is 20.1. The minimum absolute atomic E-state index is 0.0630. The van der Waals surface area contributed by atoms with Crippen molar-refractivity contribution in [1.29, 1.82) is 0 Å². The first-order chi connectivity index (χ1) is 18.1. The highest BCUT2D eigenvalue weighted by atomic mass is 32.2. The fourth-order valence-electron chi connectivity index (χ4n) is 5.04. The Kier molecular flexibility index (Phi) is 6.64. The lowest BCUT2D eigenvalue weighted by Gasteiger charge is -2.26. The lowest BCUT2D eigenvalue weighted by molar-refractivity contribution is -0.139. The molecule has 11 heteroatoms. The summed E-state index contributed by atoms with van der Waals surface area (Å²) in [6.07, 6.45) is -0.0141. The Morgan fingerprint density at radius 1 is 0.895 bits per heavy atom. The molecular formula is C27H24F3N3O4S. The van der Waals surface area contributed by atoms with E-state index >= 15 is 0 Å². The molecule has 0 aliphatic heterocycles. The Hall–Kier alpha value is -3.86. The van der Waals surface area contributed by atoms with E-state index in [-0.39, 0.29) is 22.6 Å². The maximum atomic E-state index is 13.6. The van der Waals surface area contributed by atoms with Gasteiger partial charge in [-0.3, -0.25) is 14.3 Å². The Bertz CT molecular complexity index is 1670. The Labute approximate surface area is 216 Å². The molecule has 0 bridgehead atoms. The number of amides is 1. The standard InChI is InChI=1S/C27H24F3N3O4S/c28-27(29,30)22-13-7-8-14-24(22)38(36,37)31-25(34)18-15-16-23-21(17-18)26(35)33(20-11-5-2-6-12-20)32(23)19-9-3-1-4-10-19/h2,5-8,11-17,19H,1,3-4,9-10H2,(H,31,34). The lowest BCUT2D eigenvalue weighted by Crippen LogP contribution is -2.32. The van der Waals surface area contributed by atoms with Gasteiger partial charge in [0.1, 0.15) is 0 Å². The van der Waals surface area contributed by atoms with Crippen LogP contribution in [-0.4, -0.2) is 23.7 Å². The third-order valence-corrected chi connectivity index (χ3v) is 8.16. The number of fused-ring (bicyclic) bond motifs is 1. The van der Waals surface area contributed by atoms with Gasteiger partial charge in [-0.05, 0) is 55.3 Å². The van der Waals surface area contributed by atoms with Crippen LogP contribution in [0.5, 0.6) is 0 Å². The number of rotatable bonds is 5. The SMILES string of the molecule is O=C(NS(=O)(=O)c1ccccc1C(F)(F)F)c1ccc2c(c1)c(=O)n(-c1ccccc1)n2C1CCCCC1. The minimum Gasteiger partial charge on any atom is -0.274 e. The van der Waals surface area contributed by atoms with Gasteiger partial charge >= 0.3 is 6.18 Å². The number of alkyl halides is 3. The highest BCUT2D eigenvalue weighted by Gasteiger charge is 2.37. The van der Waals surface area contributed by atoms with Crippen molar-refractivity contribution in [3.8, 4) is 5.69 Å². The molecule has 1 amide bonds. The summed E-state index contributed by atoms with van der Waals surface area (Å²) in [7, 11) is -4.86. The summed E-state index contributed by atoms with van der Waals surface area (Å²) in [6.45, 7) is 0. The predicted octanol–water partition coefficient (Wildman–Crippen LogP) is 5.43. The molecule has 4 aromatic rings. The van der Waals surface area contributed by atoms with Crippen molar-refractivity contribution in [2.24, 2.45) is 0 Å². The average molecular weight is 544 g/mol. The Morgan fingerprint density at radius 3 is 2.24 bits per heavy atom. The number of sulfonamides is 1.